The molecule has 0 fully saturated rings. The van der Waals surface area contributed by atoms with Crippen LogP contribution in [0.15, 0.2) is 24.5 Å². The van der Waals surface area contributed by atoms with Crippen LogP contribution >= 0.6 is 0 Å². The molecule has 0 bridgehead atoms. The minimum atomic E-state index is -0.250. The first-order valence-corrected chi connectivity index (χ1v) is 7.01. The number of aromatic nitrogens is 1. The summed E-state index contributed by atoms with van der Waals surface area (Å²) >= 11 is 0. The third kappa shape index (κ3) is 6.62. The molecule has 0 aliphatic heterocycles. The van der Waals surface area contributed by atoms with Crippen molar-refractivity contribution in [1.29, 1.82) is 5.26 Å². The number of nitriles is 1. The molecule has 0 amide bonds. The number of rotatable bonds is 10. The number of ether oxygens (including phenoxy) is 2. The Balaban J connectivity index is 2.60. The second kappa shape index (κ2) is 10.3. The van der Waals surface area contributed by atoms with E-state index < -0.39 is 0 Å². The third-order valence-corrected chi connectivity index (χ3v) is 2.78. The van der Waals surface area contributed by atoms with E-state index >= 15 is 0 Å². The van der Waals surface area contributed by atoms with Gasteiger partial charge in [0.05, 0.1) is 6.07 Å². The molecule has 0 atom stereocenters. The molecule has 1 heterocycles. The van der Waals surface area contributed by atoms with Crippen LogP contribution in [0.5, 0.6) is 0 Å². The van der Waals surface area contributed by atoms with Gasteiger partial charge in [0, 0.05) is 51.7 Å². The van der Waals surface area contributed by atoms with E-state index in [0.717, 1.165) is 12.1 Å². The number of hydrogen-bond donors (Lipinski definition) is 0. The van der Waals surface area contributed by atoms with Crippen molar-refractivity contribution in [2.75, 3.05) is 26.3 Å². The summed E-state index contributed by atoms with van der Waals surface area (Å²) in [5, 5.41) is 8.77. The van der Waals surface area contributed by atoms with Gasteiger partial charge >= 0.3 is 0 Å². The largest absolute Gasteiger partial charge is 0.352 e. The van der Waals surface area contributed by atoms with Gasteiger partial charge in [-0.3, -0.25) is 9.88 Å². The fourth-order valence-electron chi connectivity index (χ4n) is 1.93. The van der Waals surface area contributed by atoms with Crippen molar-refractivity contribution in [3.05, 3.63) is 30.1 Å². The van der Waals surface area contributed by atoms with E-state index in [1.165, 1.54) is 0 Å². The zero-order valence-corrected chi connectivity index (χ0v) is 12.3. The summed E-state index contributed by atoms with van der Waals surface area (Å²) in [6, 6.07) is 6.13. The Labute approximate surface area is 121 Å². The van der Waals surface area contributed by atoms with Crippen LogP contribution in [0.2, 0.25) is 0 Å². The lowest BCUT2D eigenvalue weighted by molar-refractivity contribution is -0.147. The topological polar surface area (TPSA) is 58.4 Å². The van der Waals surface area contributed by atoms with Crippen molar-refractivity contribution < 1.29 is 9.47 Å². The van der Waals surface area contributed by atoms with Crippen LogP contribution in [-0.4, -0.2) is 42.5 Å². The van der Waals surface area contributed by atoms with Gasteiger partial charge in [-0.15, -0.1) is 0 Å². The average molecular weight is 277 g/mol. The van der Waals surface area contributed by atoms with Crippen molar-refractivity contribution in [2.24, 2.45) is 0 Å². The van der Waals surface area contributed by atoms with Crippen molar-refractivity contribution in [1.82, 2.24) is 9.88 Å². The van der Waals surface area contributed by atoms with Crippen LogP contribution < -0.4 is 0 Å². The van der Waals surface area contributed by atoms with Crippen LogP contribution in [0, 0.1) is 11.3 Å². The Hall–Kier alpha value is -1.48. The second-order valence-corrected chi connectivity index (χ2v) is 4.34. The van der Waals surface area contributed by atoms with E-state index in [-0.39, 0.29) is 6.29 Å². The normalized spacial score (nSPS) is 10.9. The highest BCUT2D eigenvalue weighted by Crippen LogP contribution is 2.07. The molecule has 0 radical (unpaired) electrons. The summed E-state index contributed by atoms with van der Waals surface area (Å²) in [6.07, 6.45) is 3.84. The van der Waals surface area contributed by atoms with Crippen molar-refractivity contribution >= 4 is 0 Å². The van der Waals surface area contributed by atoms with E-state index in [0.29, 0.717) is 32.7 Å². The lowest BCUT2D eigenvalue weighted by atomic mass is 10.2. The lowest BCUT2D eigenvalue weighted by Crippen LogP contribution is -2.36. The molecule has 0 aliphatic carbocycles. The first-order chi connectivity index (χ1) is 9.80. The molecule has 1 rings (SSSR count). The van der Waals surface area contributed by atoms with Gasteiger partial charge in [-0.25, -0.2) is 0 Å². The van der Waals surface area contributed by atoms with E-state index in [1.54, 1.807) is 6.20 Å². The van der Waals surface area contributed by atoms with Crippen LogP contribution in [0.3, 0.4) is 0 Å². The molecular formula is C15H23N3O2. The van der Waals surface area contributed by atoms with Crippen LogP contribution in [0.4, 0.5) is 0 Å². The van der Waals surface area contributed by atoms with Gasteiger partial charge in [0.1, 0.15) is 0 Å². The first-order valence-electron chi connectivity index (χ1n) is 7.01. The molecule has 20 heavy (non-hydrogen) atoms. The lowest BCUT2D eigenvalue weighted by Gasteiger charge is -2.26. The maximum absolute atomic E-state index is 8.77. The van der Waals surface area contributed by atoms with Gasteiger partial charge in [-0.05, 0) is 25.5 Å². The van der Waals surface area contributed by atoms with Gasteiger partial charge in [0.25, 0.3) is 0 Å². The molecule has 5 nitrogen and oxygen atoms in total. The van der Waals surface area contributed by atoms with Gasteiger partial charge in [0.15, 0.2) is 6.29 Å². The highest BCUT2D eigenvalue weighted by molar-refractivity contribution is 5.08. The molecule has 1 aromatic heterocycles. The Bertz CT molecular complexity index is 386. The number of hydrogen-bond acceptors (Lipinski definition) is 5. The Morgan fingerprint density at radius 3 is 2.65 bits per heavy atom. The van der Waals surface area contributed by atoms with Crippen LogP contribution in [0.25, 0.3) is 0 Å². The monoisotopic (exact) mass is 277 g/mol. The second-order valence-electron chi connectivity index (χ2n) is 4.34. The molecule has 0 N–H and O–H groups in total. The smallest absolute Gasteiger partial charge is 0.170 e. The summed E-state index contributed by atoms with van der Waals surface area (Å²) in [4.78, 5) is 6.28. The van der Waals surface area contributed by atoms with Crippen LogP contribution in [0.1, 0.15) is 25.8 Å². The maximum atomic E-state index is 8.77. The molecule has 5 heteroatoms. The molecule has 0 unspecified atom stereocenters. The van der Waals surface area contributed by atoms with Crippen molar-refractivity contribution in [3.8, 4) is 6.07 Å². The molecule has 0 saturated carbocycles. The fraction of sp³-hybridized carbons (Fsp3) is 0.600. The molecule has 0 aromatic carbocycles. The zero-order valence-electron chi connectivity index (χ0n) is 12.3. The Morgan fingerprint density at radius 1 is 1.35 bits per heavy atom. The Morgan fingerprint density at radius 2 is 2.10 bits per heavy atom. The predicted molar refractivity (Wildman–Crippen MR) is 76.8 cm³/mol. The van der Waals surface area contributed by atoms with Crippen molar-refractivity contribution in [2.45, 2.75) is 33.1 Å². The highest BCUT2D eigenvalue weighted by Gasteiger charge is 2.14. The van der Waals surface area contributed by atoms with Crippen LogP contribution in [-0.2, 0) is 16.0 Å². The molecule has 1 aromatic rings. The van der Waals surface area contributed by atoms with Gasteiger partial charge in [0.2, 0.25) is 0 Å². The molecule has 0 spiro atoms. The highest BCUT2D eigenvalue weighted by atomic mass is 16.7. The van der Waals surface area contributed by atoms with E-state index in [1.807, 2.05) is 32.2 Å². The fourth-order valence-corrected chi connectivity index (χ4v) is 1.93. The van der Waals surface area contributed by atoms with E-state index in [9.17, 15) is 0 Å². The standard InChI is InChI=1S/C15H23N3O2/c1-3-19-15(20-4-2)13-18(10-6-8-16)12-14-7-5-9-17-11-14/h5,7,9,11,15H,3-4,6,10,12-13H2,1-2H3. The first kappa shape index (κ1) is 16.6. The minimum Gasteiger partial charge on any atom is -0.352 e. The molecule has 110 valence electrons. The van der Waals surface area contributed by atoms with Gasteiger partial charge in [-0.1, -0.05) is 6.07 Å². The molecule has 0 saturated heterocycles. The van der Waals surface area contributed by atoms with E-state index in [4.69, 9.17) is 14.7 Å². The summed E-state index contributed by atoms with van der Waals surface area (Å²) in [5.41, 5.74) is 1.12. The summed E-state index contributed by atoms with van der Waals surface area (Å²) in [6.45, 7) is 7.22. The summed E-state index contributed by atoms with van der Waals surface area (Å²) in [7, 11) is 0. The molecule has 0 aliphatic rings. The third-order valence-electron chi connectivity index (χ3n) is 2.78. The zero-order chi connectivity index (χ0) is 14.6. The SMILES string of the molecule is CCOC(CN(CCC#N)Cc1cccnc1)OCC. The van der Waals surface area contributed by atoms with Gasteiger partial charge < -0.3 is 9.47 Å². The molecular weight excluding hydrogens is 254 g/mol. The average Bonchev–Trinajstić information content (AvgIpc) is 2.46. The predicted octanol–water partition coefficient (Wildman–Crippen LogP) is 2.20. The Kier molecular flexibility index (Phi) is 8.56. The maximum Gasteiger partial charge on any atom is 0.170 e. The summed E-state index contributed by atoms with van der Waals surface area (Å²) < 4.78 is 11.1. The number of nitrogens with zero attached hydrogens (tertiary/aromatic N) is 3. The number of pyridine rings is 1. The van der Waals surface area contributed by atoms with Gasteiger partial charge in [-0.2, -0.15) is 5.26 Å². The van der Waals surface area contributed by atoms with Crippen molar-refractivity contribution in [3.63, 3.8) is 0 Å². The quantitative estimate of drug-likeness (QED) is 0.614. The van der Waals surface area contributed by atoms with E-state index in [2.05, 4.69) is 16.0 Å². The minimum absolute atomic E-state index is 0.250. The summed E-state index contributed by atoms with van der Waals surface area (Å²) in [5.74, 6) is 0.